The zero-order valence-electron chi connectivity index (χ0n) is 10.4. The predicted octanol–water partition coefficient (Wildman–Crippen LogP) is 3.59. The third-order valence-corrected chi connectivity index (χ3v) is 3.84. The van der Waals surface area contributed by atoms with Crippen LogP contribution < -0.4 is 5.32 Å². The maximum Gasteiger partial charge on any atom is 0.230 e. The maximum atomic E-state index is 11.6. The number of nitrogens with one attached hydrogen (secondary N) is 1. The van der Waals surface area contributed by atoms with Gasteiger partial charge in [-0.1, -0.05) is 25.4 Å². The van der Waals surface area contributed by atoms with Crippen LogP contribution in [0, 0.1) is 5.92 Å². The molecule has 0 unspecified atom stereocenters. The quantitative estimate of drug-likeness (QED) is 0.829. The first-order chi connectivity index (χ1) is 7.99. The third-order valence-electron chi connectivity index (χ3n) is 2.57. The highest BCUT2D eigenvalue weighted by Gasteiger charge is 2.10. The van der Waals surface area contributed by atoms with Crippen molar-refractivity contribution in [3.8, 4) is 0 Å². The minimum absolute atomic E-state index is 0.0751. The van der Waals surface area contributed by atoms with E-state index in [1.807, 2.05) is 31.2 Å². The highest BCUT2D eigenvalue weighted by molar-refractivity contribution is 8.00. The third kappa shape index (κ3) is 5.46. The molecule has 0 saturated carbocycles. The van der Waals surface area contributed by atoms with E-state index >= 15 is 0 Å². The zero-order chi connectivity index (χ0) is 12.8. The minimum atomic E-state index is 0.0751. The molecule has 0 saturated heterocycles. The molecular weight excluding hydrogens is 254 g/mol. The summed E-state index contributed by atoms with van der Waals surface area (Å²) >= 11 is 7.31. The lowest BCUT2D eigenvalue weighted by atomic mass is 10.1. The first-order valence-electron chi connectivity index (χ1n) is 5.66. The smallest absolute Gasteiger partial charge is 0.230 e. The molecule has 0 radical (unpaired) electrons. The van der Waals surface area contributed by atoms with Crippen LogP contribution in [0.15, 0.2) is 29.2 Å². The number of benzene rings is 1. The molecule has 0 heterocycles. The molecule has 0 fully saturated rings. The van der Waals surface area contributed by atoms with Crippen molar-refractivity contribution in [1.82, 2.24) is 5.32 Å². The average Bonchev–Trinajstić information content (AvgIpc) is 2.28. The molecule has 1 atom stereocenters. The van der Waals surface area contributed by atoms with Gasteiger partial charge >= 0.3 is 0 Å². The lowest BCUT2D eigenvalue weighted by molar-refractivity contribution is -0.119. The van der Waals surface area contributed by atoms with Gasteiger partial charge in [0.05, 0.1) is 5.75 Å². The summed E-state index contributed by atoms with van der Waals surface area (Å²) in [4.78, 5) is 12.7. The van der Waals surface area contributed by atoms with Gasteiger partial charge in [-0.2, -0.15) is 0 Å². The van der Waals surface area contributed by atoms with Crippen molar-refractivity contribution in [1.29, 1.82) is 0 Å². The van der Waals surface area contributed by atoms with Crippen LogP contribution in [-0.2, 0) is 4.79 Å². The number of halogens is 1. The molecule has 0 spiro atoms. The predicted molar refractivity (Wildman–Crippen MR) is 74.6 cm³/mol. The van der Waals surface area contributed by atoms with E-state index in [4.69, 9.17) is 11.6 Å². The Morgan fingerprint density at radius 2 is 1.88 bits per heavy atom. The van der Waals surface area contributed by atoms with E-state index in [9.17, 15) is 4.79 Å². The van der Waals surface area contributed by atoms with Gasteiger partial charge in [0.2, 0.25) is 5.91 Å². The molecule has 0 aliphatic heterocycles. The van der Waals surface area contributed by atoms with Gasteiger partial charge in [0, 0.05) is 16.0 Å². The fourth-order valence-electron chi connectivity index (χ4n) is 1.14. The summed E-state index contributed by atoms with van der Waals surface area (Å²) in [5.41, 5.74) is 0. The van der Waals surface area contributed by atoms with Gasteiger partial charge in [-0.25, -0.2) is 0 Å². The second kappa shape index (κ2) is 6.92. The molecular formula is C13H18ClNOS. The molecule has 1 aromatic rings. The summed E-state index contributed by atoms with van der Waals surface area (Å²) in [6.45, 7) is 6.21. The largest absolute Gasteiger partial charge is 0.353 e. The molecule has 1 aromatic carbocycles. The van der Waals surface area contributed by atoms with Crippen molar-refractivity contribution in [2.24, 2.45) is 5.92 Å². The van der Waals surface area contributed by atoms with E-state index in [2.05, 4.69) is 19.2 Å². The fraction of sp³-hybridized carbons (Fsp3) is 0.462. The first-order valence-corrected chi connectivity index (χ1v) is 7.03. The number of rotatable bonds is 5. The Bertz CT molecular complexity index is 364. The summed E-state index contributed by atoms with van der Waals surface area (Å²) in [6, 6.07) is 7.73. The fourth-order valence-corrected chi connectivity index (χ4v) is 1.98. The summed E-state index contributed by atoms with van der Waals surface area (Å²) in [5, 5.41) is 3.69. The first kappa shape index (κ1) is 14.4. The van der Waals surface area contributed by atoms with Gasteiger partial charge in [-0.3, -0.25) is 4.79 Å². The number of amides is 1. The molecule has 1 rings (SSSR count). The van der Waals surface area contributed by atoms with Crippen molar-refractivity contribution in [3.63, 3.8) is 0 Å². The summed E-state index contributed by atoms with van der Waals surface area (Å²) in [6.07, 6.45) is 0. The van der Waals surface area contributed by atoms with Crippen molar-refractivity contribution >= 4 is 29.3 Å². The van der Waals surface area contributed by atoms with Gasteiger partial charge in [0.1, 0.15) is 0 Å². The zero-order valence-corrected chi connectivity index (χ0v) is 11.9. The molecule has 1 N–H and O–H groups in total. The van der Waals surface area contributed by atoms with E-state index < -0.39 is 0 Å². The molecule has 2 nitrogen and oxygen atoms in total. The SMILES string of the molecule is CC(C)[C@@H](C)NC(=O)CSc1ccc(Cl)cc1. The van der Waals surface area contributed by atoms with Gasteiger partial charge in [0.15, 0.2) is 0 Å². The van der Waals surface area contributed by atoms with Gasteiger partial charge < -0.3 is 5.32 Å². The van der Waals surface area contributed by atoms with Crippen LogP contribution in [0.4, 0.5) is 0 Å². The summed E-state index contributed by atoms with van der Waals surface area (Å²) in [7, 11) is 0. The van der Waals surface area contributed by atoms with Crippen LogP contribution in [0.1, 0.15) is 20.8 Å². The Hall–Kier alpha value is -0.670. The van der Waals surface area contributed by atoms with Crippen LogP contribution in [0.5, 0.6) is 0 Å². The van der Waals surface area contributed by atoms with Crippen molar-refractivity contribution in [2.75, 3.05) is 5.75 Å². The number of thioether (sulfide) groups is 1. The lowest BCUT2D eigenvalue weighted by Crippen LogP contribution is -2.37. The Balaban J connectivity index is 2.35. The van der Waals surface area contributed by atoms with E-state index in [-0.39, 0.29) is 11.9 Å². The Kier molecular flexibility index (Phi) is 5.86. The van der Waals surface area contributed by atoms with Crippen LogP contribution in [0.3, 0.4) is 0 Å². The van der Waals surface area contributed by atoms with Crippen molar-refractivity contribution < 1.29 is 4.79 Å². The van der Waals surface area contributed by atoms with E-state index in [1.165, 1.54) is 11.8 Å². The molecule has 94 valence electrons. The van der Waals surface area contributed by atoms with E-state index in [0.717, 1.165) is 4.90 Å². The van der Waals surface area contributed by atoms with Crippen molar-refractivity contribution in [3.05, 3.63) is 29.3 Å². The molecule has 0 bridgehead atoms. The maximum absolute atomic E-state index is 11.6. The molecule has 0 aromatic heterocycles. The number of hydrogen-bond donors (Lipinski definition) is 1. The Morgan fingerprint density at radius 3 is 2.41 bits per heavy atom. The number of hydrogen-bond acceptors (Lipinski definition) is 2. The summed E-state index contributed by atoms with van der Waals surface area (Å²) in [5.74, 6) is 0.976. The molecule has 0 aliphatic rings. The normalized spacial score (nSPS) is 12.5. The van der Waals surface area contributed by atoms with E-state index in [1.54, 1.807) is 0 Å². The summed E-state index contributed by atoms with van der Waals surface area (Å²) < 4.78 is 0. The highest BCUT2D eigenvalue weighted by Crippen LogP contribution is 2.20. The monoisotopic (exact) mass is 271 g/mol. The molecule has 4 heteroatoms. The minimum Gasteiger partial charge on any atom is -0.353 e. The van der Waals surface area contributed by atoms with Crippen LogP contribution in [0.2, 0.25) is 5.02 Å². The standard InChI is InChI=1S/C13H18ClNOS/c1-9(2)10(3)15-13(16)8-17-12-6-4-11(14)5-7-12/h4-7,9-10H,8H2,1-3H3,(H,15,16)/t10-/m1/s1. The average molecular weight is 272 g/mol. The van der Waals surface area contributed by atoms with Gasteiger partial charge in [-0.05, 0) is 37.1 Å². The highest BCUT2D eigenvalue weighted by atomic mass is 35.5. The van der Waals surface area contributed by atoms with Crippen LogP contribution >= 0.6 is 23.4 Å². The molecule has 1 amide bonds. The molecule has 17 heavy (non-hydrogen) atoms. The number of carbonyl (C=O) groups is 1. The topological polar surface area (TPSA) is 29.1 Å². The van der Waals surface area contributed by atoms with E-state index in [0.29, 0.717) is 16.7 Å². The van der Waals surface area contributed by atoms with Gasteiger partial charge in [0.25, 0.3) is 0 Å². The van der Waals surface area contributed by atoms with Crippen molar-refractivity contribution in [2.45, 2.75) is 31.7 Å². The second-order valence-corrected chi connectivity index (χ2v) is 5.83. The Morgan fingerprint density at radius 1 is 1.29 bits per heavy atom. The molecule has 0 aliphatic carbocycles. The Labute approximate surface area is 112 Å². The van der Waals surface area contributed by atoms with Gasteiger partial charge in [-0.15, -0.1) is 11.8 Å². The number of carbonyl (C=O) groups excluding carboxylic acids is 1. The lowest BCUT2D eigenvalue weighted by Gasteiger charge is -2.17. The second-order valence-electron chi connectivity index (χ2n) is 4.34. The van der Waals surface area contributed by atoms with Crippen LogP contribution in [-0.4, -0.2) is 17.7 Å². The van der Waals surface area contributed by atoms with Crippen LogP contribution in [0.25, 0.3) is 0 Å².